The molecule has 0 bridgehead atoms. The second-order valence-corrected chi connectivity index (χ2v) is 6.46. The Labute approximate surface area is 125 Å². The van der Waals surface area contributed by atoms with Gasteiger partial charge >= 0.3 is 0 Å². The lowest BCUT2D eigenvalue weighted by Gasteiger charge is -2.09. The van der Waals surface area contributed by atoms with Crippen molar-refractivity contribution >= 4 is 50.5 Å². The zero-order valence-electron chi connectivity index (χ0n) is 9.27. The molecule has 2 aromatic rings. The summed E-state index contributed by atoms with van der Waals surface area (Å²) in [6.45, 7) is 0. The molecule has 0 aliphatic rings. The van der Waals surface area contributed by atoms with Crippen molar-refractivity contribution in [2.24, 2.45) is 0 Å². The number of aromatic nitrogens is 1. The topological polar surface area (TPSA) is 59.1 Å². The largest absolute Gasteiger partial charge is 0.278 e. The Hall–Kier alpha value is -1.01. The molecule has 2 rings (SSSR count). The summed E-state index contributed by atoms with van der Waals surface area (Å²) in [5, 5.41) is 0.709. The molecule has 100 valence electrons. The standard InChI is InChI=1S/C11H7Cl3N2O2S/c12-7-1-2-10(9(13)5-7)16-19(17,18)8-3-4-15-11(14)6-8/h1-6,16H. The van der Waals surface area contributed by atoms with Crippen LogP contribution in [0.2, 0.25) is 15.2 Å². The highest BCUT2D eigenvalue weighted by molar-refractivity contribution is 7.92. The van der Waals surface area contributed by atoms with Crippen LogP contribution in [0.25, 0.3) is 0 Å². The van der Waals surface area contributed by atoms with Gasteiger partial charge in [-0.15, -0.1) is 0 Å². The van der Waals surface area contributed by atoms with Crippen LogP contribution in [0.15, 0.2) is 41.4 Å². The van der Waals surface area contributed by atoms with Gasteiger partial charge in [0.25, 0.3) is 10.0 Å². The predicted molar refractivity (Wildman–Crippen MR) is 76.5 cm³/mol. The summed E-state index contributed by atoms with van der Waals surface area (Å²) in [5.41, 5.74) is 0.235. The average Bonchev–Trinajstić information content (AvgIpc) is 2.33. The van der Waals surface area contributed by atoms with Crippen molar-refractivity contribution in [3.8, 4) is 0 Å². The second-order valence-electron chi connectivity index (χ2n) is 3.54. The normalized spacial score (nSPS) is 11.3. The number of hydrogen-bond donors (Lipinski definition) is 1. The van der Waals surface area contributed by atoms with E-state index in [2.05, 4.69) is 9.71 Å². The van der Waals surface area contributed by atoms with E-state index < -0.39 is 10.0 Å². The lowest BCUT2D eigenvalue weighted by atomic mass is 10.3. The predicted octanol–water partition coefficient (Wildman–Crippen LogP) is 3.84. The van der Waals surface area contributed by atoms with E-state index in [0.29, 0.717) is 5.02 Å². The Morgan fingerprint density at radius 1 is 1.05 bits per heavy atom. The molecule has 1 N–H and O–H groups in total. The molecule has 1 aromatic carbocycles. The van der Waals surface area contributed by atoms with Crippen molar-refractivity contribution in [1.29, 1.82) is 0 Å². The number of benzene rings is 1. The molecule has 0 radical (unpaired) electrons. The molecule has 8 heteroatoms. The maximum Gasteiger partial charge on any atom is 0.262 e. The van der Waals surface area contributed by atoms with Gasteiger partial charge in [0.1, 0.15) is 5.15 Å². The summed E-state index contributed by atoms with van der Waals surface area (Å²) in [6.07, 6.45) is 1.31. The summed E-state index contributed by atoms with van der Waals surface area (Å²) in [5.74, 6) is 0. The number of rotatable bonds is 3. The van der Waals surface area contributed by atoms with Gasteiger partial charge in [-0.05, 0) is 30.3 Å². The fourth-order valence-corrected chi connectivity index (χ4v) is 3.17. The van der Waals surface area contributed by atoms with Gasteiger partial charge in [-0.1, -0.05) is 34.8 Å². The molecule has 0 saturated heterocycles. The zero-order valence-corrected chi connectivity index (χ0v) is 12.4. The summed E-state index contributed by atoms with van der Waals surface area (Å²) in [6, 6.07) is 7.03. The zero-order chi connectivity index (χ0) is 14.0. The van der Waals surface area contributed by atoms with Crippen molar-refractivity contribution in [3.05, 3.63) is 51.7 Å². The van der Waals surface area contributed by atoms with Crippen LogP contribution in [-0.2, 0) is 10.0 Å². The minimum atomic E-state index is -3.77. The Morgan fingerprint density at radius 3 is 2.42 bits per heavy atom. The number of nitrogens with zero attached hydrogens (tertiary/aromatic N) is 1. The molecular formula is C11H7Cl3N2O2S. The fourth-order valence-electron chi connectivity index (χ4n) is 1.33. The van der Waals surface area contributed by atoms with Gasteiger partial charge in [0.05, 0.1) is 15.6 Å². The Morgan fingerprint density at radius 2 is 1.79 bits per heavy atom. The molecule has 1 heterocycles. The first-order chi connectivity index (χ1) is 8.88. The van der Waals surface area contributed by atoms with Gasteiger partial charge in [0, 0.05) is 11.2 Å². The van der Waals surface area contributed by atoms with E-state index >= 15 is 0 Å². The molecule has 0 unspecified atom stereocenters. The quantitative estimate of drug-likeness (QED) is 0.866. The first-order valence-corrected chi connectivity index (χ1v) is 7.59. The van der Waals surface area contributed by atoms with E-state index in [9.17, 15) is 8.42 Å². The summed E-state index contributed by atoms with van der Waals surface area (Å²) < 4.78 is 26.6. The summed E-state index contributed by atoms with van der Waals surface area (Å²) in [4.78, 5) is 3.72. The Bertz CT molecular complexity index is 720. The third kappa shape index (κ3) is 3.51. The highest BCUT2D eigenvalue weighted by Gasteiger charge is 2.16. The van der Waals surface area contributed by atoms with E-state index in [4.69, 9.17) is 34.8 Å². The first kappa shape index (κ1) is 14.4. The fraction of sp³-hybridized carbons (Fsp3) is 0. The maximum absolute atomic E-state index is 12.1. The number of halogens is 3. The highest BCUT2D eigenvalue weighted by Crippen LogP contribution is 2.27. The first-order valence-electron chi connectivity index (χ1n) is 4.98. The van der Waals surface area contributed by atoms with Crippen LogP contribution in [0.3, 0.4) is 0 Å². The van der Waals surface area contributed by atoms with Gasteiger partial charge < -0.3 is 0 Å². The SMILES string of the molecule is O=S(=O)(Nc1ccc(Cl)cc1Cl)c1ccnc(Cl)c1. The Kier molecular flexibility index (Phi) is 4.20. The van der Waals surface area contributed by atoms with Crippen LogP contribution in [-0.4, -0.2) is 13.4 Å². The van der Waals surface area contributed by atoms with Gasteiger partial charge in [-0.25, -0.2) is 13.4 Å². The third-order valence-electron chi connectivity index (χ3n) is 2.18. The third-order valence-corrected chi connectivity index (χ3v) is 4.30. The number of sulfonamides is 1. The summed E-state index contributed by atoms with van der Waals surface area (Å²) >= 11 is 17.3. The molecule has 1 aromatic heterocycles. The van der Waals surface area contributed by atoms with Crippen LogP contribution < -0.4 is 4.72 Å². The van der Waals surface area contributed by atoms with Crippen molar-refractivity contribution in [1.82, 2.24) is 4.98 Å². The smallest absolute Gasteiger partial charge is 0.262 e. The lowest BCUT2D eigenvalue weighted by molar-refractivity contribution is 0.601. The second kappa shape index (κ2) is 5.54. The van der Waals surface area contributed by atoms with Crippen LogP contribution in [0.4, 0.5) is 5.69 Å². The number of hydrogen-bond acceptors (Lipinski definition) is 3. The van der Waals surface area contributed by atoms with Crippen molar-refractivity contribution in [2.75, 3.05) is 4.72 Å². The van der Waals surface area contributed by atoms with Crippen LogP contribution >= 0.6 is 34.8 Å². The van der Waals surface area contributed by atoms with Crippen LogP contribution in [0, 0.1) is 0 Å². The molecule has 0 aliphatic carbocycles. The monoisotopic (exact) mass is 336 g/mol. The van der Waals surface area contributed by atoms with Crippen molar-refractivity contribution < 1.29 is 8.42 Å². The average molecular weight is 338 g/mol. The van der Waals surface area contributed by atoms with E-state index in [1.54, 1.807) is 0 Å². The molecule has 0 atom stereocenters. The van der Waals surface area contributed by atoms with Gasteiger partial charge in [0.2, 0.25) is 0 Å². The number of anilines is 1. The molecule has 0 amide bonds. The minimum absolute atomic E-state index is 0.00137. The van der Waals surface area contributed by atoms with Crippen molar-refractivity contribution in [2.45, 2.75) is 4.90 Å². The minimum Gasteiger partial charge on any atom is -0.278 e. The molecule has 0 saturated carbocycles. The number of pyridine rings is 1. The van der Waals surface area contributed by atoms with Gasteiger partial charge in [-0.3, -0.25) is 4.72 Å². The van der Waals surface area contributed by atoms with Gasteiger partial charge in [0.15, 0.2) is 0 Å². The lowest BCUT2D eigenvalue weighted by Crippen LogP contribution is -2.13. The molecular weight excluding hydrogens is 331 g/mol. The molecule has 4 nitrogen and oxygen atoms in total. The molecule has 0 aliphatic heterocycles. The van der Waals surface area contributed by atoms with E-state index in [1.165, 1.54) is 36.5 Å². The molecule has 0 spiro atoms. The summed E-state index contributed by atoms with van der Waals surface area (Å²) in [7, 11) is -3.77. The van der Waals surface area contributed by atoms with Crippen molar-refractivity contribution in [3.63, 3.8) is 0 Å². The van der Waals surface area contributed by atoms with E-state index in [-0.39, 0.29) is 20.8 Å². The molecule has 19 heavy (non-hydrogen) atoms. The van der Waals surface area contributed by atoms with E-state index in [1.807, 2.05) is 0 Å². The van der Waals surface area contributed by atoms with Crippen LogP contribution in [0.5, 0.6) is 0 Å². The maximum atomic E-state index is 12.1. The molecule has 0 fully saturated rings. The van der Waals surface area contributed by atoms with Gasteiger partial charge in [-0.2, -0.15) is 0 Å². The number of nitrogens with one attached hydrogen (secondary N) is 1. The van der Waals surface area contributed by atoms with E-state index in [0.717, 1.165) is 0 Å². The van der Waals surface area contributed by atoms with Crippen LogP contribution in [0.1, 0.15) is 0 Å². The Balaban J connectivity index is 2.36. The highest BCUT2D eigenvalue weighted by atomic mass is 35.5.